The molecule has 2 rings (SSSR count). The van der Waals surface area contributed by atoms with E-state index >= 15 is 0 Å². The van der Waals surface area contributed by atoms with Crippen molar-refractivity contribution in [3.05, 3.63) is 36.5 Å². The van der Waals surface area contributed by atoms with E-state index in [4.69, 9.17) is 0 Å². The average molecular weight is 178 g/mol. The minimum atomic E-state index is 0.0822. The molecule has 62 valence electrons. The molecule has 0 radical (unpaired) electrons. The molecule has 1 heterocycles. The van der Waals surface area contributed by atoms with E-state index in [1.807, 2.05) is 36.1 Å². The van der Waals surface area contributed by atoms with Gasteiger partial charge in [0.2, 0.25) is 0 Å². The van der Waals surface area contributed by atoms with E-state index < -0.39 is 0 Å². The summed E-state index contributed by atoms with van der Waals surface area (Å²) >= 11 is 1.83. The van der Waals surface area contributed by atoms with E-state index in [1.54, 1.807) is 6.08 Å². The van der Waals surface area contributed by atoms with E-state index in [1.165, 1.54) is 0 Å². The molecule has 1 aliphatic heterocycles. The number of ketones is 1. The Kier molecular flexibility index (Phi) is 2.17. The van der Waals surface area contributed by atoms with Crippen LogP contribution in [0.15, 0.2) is 36.5 Å². The van der Waals surface area contributed by atoms with Crippen LogP contribution in [-0.2, 0) is 4.79 Å². The van der Waals surface area contributed by atoms with Crippen molar-refractivity contribution in [1.82, 2.24) is 0 Å². The lowest BCUT2D eigenvalue weighted by Gasteiger charge is -2.18. The first-order valence-corrected chi connectivity index (χ1v) is 5.10. The van der Waals surface area contributed by atoms with Gasteiger partial charge in [-0.05, 0) is 6.08 Å². The summed E-state index contributed by atoms with van der Waals surface area (Å²) < 4.78 is 0. The number of thioether (sulfide) groups is 1. The van der Waals surface area contributed by atoms with Crippen molar-refractivity contribution in [1.29, 1.82) is 0 Å². The fourth-order valence-corrected chi connectivity index (χ4v) is 2.51. The van der Waals surface area contributed by atoms with Crippen LogP contribution >= 0.6 is 11.8 Å². The number of hydrogen-bond donors (Lipinski definition) is 0. The molecule has 0 aromatic heterocycles. The van der Waals surface area contributed by atoms with Crippen molar-refractivity contribution < 1.29 is 4.79 Å². The molecule has 0 amide bonds. The second-order valence-electron chi connectivity index (χ2n) is 2.90. The van der Waals surface area contributed by atoms with Crippen LogP contribution in [0.25, 0.3) is 0 Å². The summed E-state index contributed by atoms with van der Waals surface area (Å²) in [7, 11) is 0. The first-order valence-electron chi connectivity index (χ1n) is 4.05. The van der Waals surface area contributed by atoms with Crippen LogP contribution in [0.2, 0.25) is 0 Å². The lowest BCUT2D eigenvalue weighted by Crippen LogP contribution is -2.21. The van der Waals surface area contributed by atoms with Crippen LogP contribution in [-0.4, -0.2) is 16.8 Å². The quantitative estimate of drug-likeness (QED) is 0.564. The second-order valence-corrected chi connectivity index (χ2v) is 4.11. The van der Waals surface area contributed by atoms with Gasteiger partial charge in [-0.25, -0.2) is 0 Å². The summed E-state index contributed by atoms with van der Waals surface area (Å²) in [5.74, 6) is 1.27. The van der Waals surface area contributed by atoms with E-state index in [0.717, 1.165) is 5.75 Å². The van der Waals surface area contributed by atoms with Gasteiger partial charge >= 0.3 is 0 Å². The third kappa shape index (κ3) is 1.39. The molecule has 0 aromatic rings. The van der Waals surface area contributed by atoms with E-state index in [2.05, 4.69) is 6.08 Å². The van der Waals surface area contributed by atoms with Gasteiger partial charge in [0.05, 0.1) is 5.92 Å². The molecule has 1 aliphatic carbocycles. The van der Waals surface area contributed by atoms with Crippen molar-refractivity contribution in [2.75, 3.05) is 5.75 Å². The first-order chi connectivity index (χ1) is 5.88. The highest BCUT2D eigenvalue weighted by Gasteiger charge is 2.25. The molecule has 0 bridgehead atoms. The largest absolute Gasteiger partial charge is 0.294 e. The van der Waals surface area contributed by atoms with Gasteiger partial charge < -0.3 is 0 Å². The Labute approximate surface area is 76.2 Å². The molecule has 2 heteroatoms. The lowest BCUT2D eigenvalue weighted by atomic mass is 9.95. The Hall–Kier alpha value is -0.760. The Morgan fingerprint density at radius 2 is 2.17 bits per heavy atom. The van der Waals surface area contributed by atoms with Crippen molar-refractivity contribution in [2.24, 2.45) is 5.92 Å². The summed E-state index contributed by atoms with van der Waals surface area (Å²) in [4.78, 5) is 11.5. The zero-order valence-corrected chi connectivity index (χ0v) is 7.46. The predicted molar refractivity (Wildman–Crippen MR) is 52.2 cm³/mol. The van der Waals surface area contributed by atoms with Gasteiger partial charge in [0, 0.05) is 11.0 Å². The minimum Gasteiger partial charge on any atom is -0.294 e. The van der Waals surface area contributed by atoms with Crippen molar-refractivity contribution in [2.45, 2.75) is 5.25 Å². The number of carbonyl (C=O) groups excluding carboxylic acids is 1. The van der Waals surface area contributed by atoms with E-state index in [0.29, 0.717) is 5.25 Å². The zero-order chi connectivity index (χ0) is 8.39. The maximum atomic E-state index is 11.5. The third-order valence-corrected chi connectivity index (χ3v) is 3.30. The smallest absolute Gasteiger partial charge is 0.163 e. The molecule has 0 fully saturated rings. The van der Waals surface area contributed by atoms with Crippen molar-refractivity contribution >= 4 is 17.5 Å². The fraction of sp³-hybridized carbons (Fsp3) is 0.300. The standard InChI is InChI=1S/C10H10OS/c11-9-5-3-7-12-10-6-2-1-4-8(9)10/h1-6,8,10H,7H2. The Morgan fingerprint density at radius 3 is 3.08 bits per heavy atom. The van der Waals surface area contributed by atoms with Gasteiger partial charge in [-0.3, -0.25) is 4.79 Å². The zero-order valence-electron chi connectivity index (χ0n) is 6.64. The lowest BCUT2D eigenvalue weighted by molar-refractivity contribution is -0.116. The Morgan fingerprint density at radius 1 is 1.33 bits per heavy atom. The number of rotatable bonds is 0. The molecule has 0 N–H and O–H groups in total. The molecule has 2 aliphatic rings. The topological polar surface area (TPSA) is 17.1 Å². The van der Waals surface area contributed by atoms with Crippen molar-refractivity contribution in [3.8, 4) is 0 Å². The Balaban J connectivity index is 2.26. The van der Waals surface area contributed by atoms with Crippen LogP contribution in [0, 0.1) is 5.92 Å². The van der Waals surface area contributed by atoms with Gasteiger partial charge in [-0.2, -0.15) is 0 Å². The normalized spacial score (nSPS) is 33.2. The fourth-order valence-electron chi connectivity index (χ4n) is 1.44. The summed E-state index contributed by atoms with van der Waals surface area (Å²) in [6.07, 6.45) is 11.7. The highest BCUT2D eigenvalue weighted by Crippen LogP contribution is 2.28. The average Bonchev–Trinajstić information content (AvgIpc) is 2.29. The van der Waals surface area contributed by atoms with Gasteiger partial charge in [0.25, 0.3) is 0 Å². The van der Waals surface area contributed by atoms with Crippen LogP contribution in [0.4, 0.5) is 0 Å². The van der Waals surface area contributed by atoms with Gasteiger partial charge in [0.1, 0.15) is 0 Å². The molecule has 2 atom stereocenters. The third-order valence-electron chi connectivity index (χ3n) is 2.08. The summed E-state index contributed by atoms with van der Waals surface area (Å²) in [6, 6.07) is 0. The molecular formula is C10H10OS. The Bertz CT molecular complexity index is 276. The summed E-state index contributed by atoms with van der Waals surface area (Å²) in [6.45, 7) is 0. The summed E-state index contributed by atoms with van der Waals surface area (Å²) in [5, 5.41) is 0.359. The van der Waals surface area contributed by atoms with Crippen LogP contribution in [0.5, 0.6) is 0 Å². The molecule has 12 heavy (non-hydrogen) atoms. The highest BCUT2D eigenvalue weighted by atomic mass is 32.2. The maximum Gasteiger partial charge on any atom is 0.163 e. The van der Waals surface area contributed by atoms with Gasteiger partial charge in [-0.15, -0.1) is 11.8 Å². The molecule has 1 nitrogen and oxygen atoms in total. The molecule has 0 spiro atoms. The first kappa shape index (κ1) is 7.87. The van der Waals surface area contributed by atoms with E-state index in [-0.39, 0.29) is 11.7 Å². The number of allylic oxidation sites excluding steroid dienone is 4. The van der Waals surface area contributed by atoms with Crippen LogP contribution < -0.4 is 0 Å². The summed E-state index contributed by atoms with van der Waals surface area (Å²) in [5.41, 5.74) is 0. The number of fused-ring (bicyclic) bond motifs is 1. The molecular weight excluding hydrogens is 168 g/mol. The predicted octanol–water partition coefficient (Wildman–Crippen LogP) is 1.97. The number of carbonyl (C=O) groups is 1. The second kappa shape index (κ2) is 3.31. The highest BCUT2D eigenvalue weighted by molar-refractivity contribution is 8.00. The van der Waals surface area contributed by atoms with E-state index in [9.17, 15) is 4.79 Å². The van der Waals surface area contributed by atoms with Crippen LogP contribution in [0.1, 0.15) is 0 Å². The SMILES string of the molecule is O=C1C=CCSC2C=CC=CC12. The molecule has 0 saturated carbocycles. The number of hydrogen-bond acceptors (Lipinski definition) is 2. The van der Waals surface area contributed by atoms with Crippen LogP contribution in [0.3, 0.4) is 0 Å². The van der Waals surface area contributed by atoms with Crippen molar-refractivity contribution in [3.63, 3.8) is 0 Å². The maximum absolute atomic E-state index is 11.5. The molecule has 0 aromatic carbocycles. The molecule has 2 unspecified atom stereocenters. The van der Waals surface area contributed by atoms with Gasteiger partial charge in [0.15, 0.2) is 5.78 Å². The monoisotopic (exact) mass is 178 g/mol. The molecule has 0 saturated heterocycles. The van der Waals surface area contributed by atoms with Gasteiger partial charge in [-0.1, -0.05) is 30.4 Å². The minimum absolute atomic E-state index is 0.0822.